The van der Waals surface area contributed by atoms with E-state index in [0.717, 1.165) is 24.3 Å². The molecule has 0 saturated carbocycles. The number of hydrogen-bond donors (Lipinski definition) is 8. The standard InChI is InChI=1S/C18H20N2O8/c21-11-5-9(6-12(22)15(11)25)17(27)19-3-1-2-4-20-18(28)10-7-13(23)16(26)14(24)8-10/h5-8,21-26H,1-4H2,(H,19,27)(H,20,28). The maximum atomic E-state index is 11.9. The molecule has 0 aliphatic carbocycles. The normalized spacial score (nSPS) is 10.4. The van der Waals surface area contributed by atoms with Crippen LogP contribution in [-0.4, -0.2) is 55.5 Å². The average Bonchev–Trinajstić information content (AvgIpc) is 2.65. The van der Waals surface area contributed by atoms with E-state index < -0.39 is 46.3 Å². The number of carbonyl (C=O) groups is 2. The van der Waals surface area contributed by atoms with E-state index in [1.165, 1.54) is 0 Å². The molecule has 10 nitrogen and oxygen atoms in total. The molecule has 0 atom stereocenters. The molecule has 10 heteroatoms. The van der Waals surface area contributed by atoms with Gasteiger partial charge in [0.1, 0.15) is 0 Å². The molecular formula is C18H20N2O8. The Morgan fingerprint density at radius 1 is 0.607 bits per heavy atom. The van der Waals surface area contributed by atoms with E-state index in [2.05, 4.69) is 10.6 Å². The van der Waals surface area contributed by atoms with Crippen LogP contribution in [-0.2, 0) is 0 Å². The maximum absolute atomic E-state index is 11.9. The predicted octanol–water partition coefficient (Wildman–Crippen LogP) is 0.860. The zero-order chi connectivity index (χ0) is 20.8. The lowest BCUT2D eigenvalue weighted by Crippen LogP contribution is -2.27. The second-order valence-corrected chi connectivity index (χ2v) is 5.95. The SMILES string of the molecule is O=C(NCCCCNC(=O)c1cc(O)c(O)c(O)c1)c1cc(O)c(O)c(O)c1. The Morgan fingerprint density at radius 2 is 0.893 bits per heavy atom. The van der Waals surface area contributed by atoms with Crippen molar-refractivity contribution in [3.8, 4) is 34.5 Å². The Kier molecular flexibility index (Phi) is 6.38. The van der Waals surface area contributed by atoms with Gasteiger partial charge in [-0.15, -0.1) is 0 Å². The minimum atomic E-state index is -0.706. The van der Waals surface area contributed by atoms with Crippen molar-refractivity contribution in [2.75, 3.05) is 13.1 Å². The van der Waals surface area contributed by atoms with E-state index in [9.17, 15) is 40.2 Å². The second kappa shape index (κ2) is 8.71. The number of benzene rings is 2. The van der Waals surface area contributed by atoms with Crippen LogP contribution in [0.3, 0.4) is 0 Å². The number of phenolic OH excluding ortho intramolecular Hbond substituents is 6. The fourth-order valence-electron chi connectivity index (χ4n) is 2.33. The molecule has 0 aliphatic rings. The number of amides is 2. The first-order chi connectivity index (χ1) is 13.2. The van der Waals surface area contributed by atoms with Crippen LogP contribution in [0.1, 0.15) is 33.6 Å². The van der Waals surface area contributed by atoms with E-state index in [1.54, 1.807) is 0 Å². The van der Waals surface area contributed by atoms with Crippen LogP contribution in [0.4, 0.5) is 0 Å². The number of aromatic hydroxyl groups is 6. The lowest BCUT2D eigenvalue weighted by molar-refractivity contribution is 0.0939. The smallest absolute Gasteiger partial charge is 0.251 e. The van der Waals surface area contributed by atoms with Gasteiger partial charge in [-0.2, -0.15) is 0 Å². The van der Waals surface area contributed by atoms with Gasteiger partial charge in [-0.3, -0.25) is 9.59 Å². The lowest BCUT2D eigenvalue weighted by Gasteiger charge is -2.09. The summed E-state index contributed by atoms with van der Waals surface area (Å²) < 4.78 is 0. The molecule has 0 saturated heterocycles. The van der Waals surface area contributed by atoms with E-state index in [1.807, 2.05) is 0 Å². The molecule has 0 radical (unpaired) electrons. The molecule has 28 heavy (non-hydrogen) atoms. The highest BCUT2D eigenvalue weighted by Gasteiger charge is 2.14. The predicted molar refractivity (Wildman–Crippen MR) is 96.8 cm³/mol. The first kappa shape index (κ1) is 20.5. The summed E-state index contributed by atoms with van der Waals surface area (Å²) in [5.74, 6) is -4.96. The summed E-state index contributed by atoms with van der Waals surface area (Å²) in [6, 6.07) is 4.08. The van der Waals surface area contributed by atoms with Crippen molar-refractivity contribution in [1.29, 1.82) is 0 Å². The minimum Gasteiger partial charge on any atom is -0.504 e. The van der Waals surface area contributed by atoms with E-state index in [-0.39, 0.29) is 24.2 Å². The summed E-state index contributed by atoms with van der Waals surface area (Å²) >= 11 is 0. The monoisotopic (exact) mass is 392 g/mol. The molecule has 0 unspecified atom stereocenters. The molecule has 0 heterocycles. The van der Waals surface area contributed by atoms with Gasteiger partial charge in [-0.25, -0.2) is 0 Å². The number of hydrogen-bond acceptors (Lipinski definition) is 8. The van der Waals surface area contributed by atoms with Crippen LogP contribution in [0.25, 0.3) is 0 Å². The molecular weight excluding hydrogens is 372 g/mol. The summed E-state index contributed by atoms with van der Waals surface area (Å²) in [5.41, 5.74) is -0.0407. The first-order valence-electron chi connectivity index (χ1n) is 8.27. The van der Waals surface area contributed by atoms with E-state index in [0.29, 0.717) is 12.8 Å². The van der Waals surface area contributed by atoms with Gasteiger partial charge in [-0.05, 0) is 37.1 Å². The fraction of sp³-hybridized carbons (Fsp3) is 0.222. The molecule has 0 fully saturated rings. The minimum absolute atomic E-state index is 0.0203. The Bertz CT molecular complexity index is 778. The molecule has 0 aliphatic heterocycles. The molecule has 150 valence electrons. The van der Waals surface area contributed by atoms with Gasteiger partial charge in [0.15, 0.2) is 34.5 Å². The molecule has 2 amide bonds. The quantitative estimate of drug-likeness (QED) is 0.252. The average molecular weight is 392 g/mol. The number of unbranched alkanes of at least 4 members (excludes halogenated alkanes) is 1. The molecule has 2 rings (SSSR count). The first-order valence-corrected chi connectivity index (χ1v) is 8.27. The number of nitrogens with one attached hydrogen (secondary N) is 2. The van der Waals surface area contributed by atoms with Crippen LogP contribution in [0.2, 0.25) is 0 Å². The zero-order valence-electron chi connectivity index (χ0n) is 14.6. The van der Waals surface area contributed by atoms with Gasteiger partial charge in [0.25, 0.3) is 11.8 Å². The van der Waals surface area contributed by atoms with Crippen molar-refractivity contribution in [3.63, 3.8) is 0 Å². The third-order valence-corrected chi connectivity index (χ3v) is 3.84. The fourth-order valence-corrected chi connectivity index (χ4v) is 2.33. The van der Waals surface area contributed by atoms with Gasteiger partial charge in [0.2, 0.25) is 0 Å². The van der Waals surface area contributed by atoms with Crippen LogP contribution >= 0.6 is 0 Å². The van der Waals surface area contributed by atoms with Crippen molar-refractivity contribution in [2.24, 2.45) is 0 Å². The van der Waals surface area contributed by atoms with Crippen molar-refractivity contribution in [3.05, 3.63) is 35.4 Å². The van der Waals surface area contributed by atoms with Crippen molar-refractivity contribution in [1.82, 2.24) is 10.6 Å². The van der Waals surface area contributed by atoms with Crippen molar-refractivity contribution >= 4 is 11.8 Å². The Morgan fingerprint density at radius 3 is 1.18 bits per heavy atom. The maximum Gasteiger partial charge on any atom is 0.251 e. The van der Waals surface area contributed by atoms with Crippen LogP contribution in [0.15, 0.2) is 24.3 Å². The summed E-state index contributed by atoms with van der Waals surface area (Å²) in [5, 5.41) is 61.2. The molecule has 0 aromatic heterocycles. The molecule has 2 aromatic rings. The van der Waals surface area contributed by atoms with Crippen molar-refractivity contribution < 1.29 is 40.2 Å². The largest absolute Gasteiger partial charge is 0.504 e. The number of phenols is 6. The Labute approximate surface area is 159 Å². The van der Waals surface area contributed by atoms with Crippen LogP contribution in [0, 0.1) is 0 Å². The molecule has 0 bridgehead atoms. The Hall–Kier alpha value is -3.82. The third kappa shape index (κ3) is 4.87. The summed E-state index contributed by atoms with van der Waals surface area (Å²) in [6.45, 7) is 0.524. The second-order valence-electron chi connectivity index (χ2n) is 5.95. The van der Waals surface area contributed by atoms with E-state index in [4.69, 9.17) is 0 Å². The summed E-state index contributed by atoms with van der Waals surface area (Å²) in [4.78, 5) is 23.9. The van der Waals surface area contributed by atoms with Crippen LogP contribution < -0.4 is 10.6 Å². The third-order valence-electron chi connectivity index (χ3n) is 3.84. The summed E-state index contributed by atoms with van der Waals surface area (Å²) in [7, 11) is 0. The number of rotatable bonds is 7. The lowest BCUT2D eigenvalue weighted by atomic mass is 10.1. The highest BCUT2D eigenvalue weighted by molar-refractivity contribution is 5.96. The molecule has 0 spiro atoms. The number of carbonyl (C=O) groups excluding carboxylic acids is 2. The Balaban J connectivity index is 1.73. The molecule has 2 aromatic carbocycles. The summed E-state index contributed by atoms with van der Waals surface area (Å²) in [6.07, 6.45) is 1.02. The van der Waals surface area contributed by atoms with Gasteiger partial charge in [-0.1, -0.05) is 0 Å². The van der Waals surface area contributed by atoms with Crippen LogP contribution in [0.5, 0.6) is 34.5 Å². The zero-order valence-corrected chi connectivity index (χ0v) is 14.6. The van der Waals surface area contributed by atoms with Gasteiger partial charge in [0.05, 0.1) is 0 Å². The highest BCUT2D eigenvalue weighted by atomic mass is 16.3. The topological polar surface area (TPSA) is 180 Å². The van der Waals surface area contributed by atoms with Crippen molar-refractivity contribution in [2.45, 2.75) is 12.8 Å². The highest BCUT2D eigenvalue weighted by Crippen LogP contribution is 2.36. The molecule has 8 N–H and O–H groups in total. The van der Waals surface area contributed by atoms with Gasteiger partial charge < -0.3 is 41.3 Å². The van der Waals surface area contributed by atoms with Gasteiger partial charge in [0, 0.05) is 24.2 Å². The van der Waals surface area contributed by atoms with E-state index >= 15 is 0 Å². The van der Waals surface area contributed by atoms with Gasteiger partial charge >= 0.3 is 0 Å².